The summed E-state index contributed by atoms with van der Waals surface area (Å²) in [6, 6.07) is -0.968. The van der Waals surface area contributed by atoms with E-state index in [1.165, 1.54) is 20.8 Å². The number of cyclic esters (lactones) is 1. The molecular weight excluding hydrogens is 611 g/mol. The van der Waals surface area contributed by atoms with E-state index in [2.05, 4.69) is 25.7 Å². The number of rotatable bonds is 6. The molecule has 276 valence electrons. The summed E-state index contributed by atoms with van der Waals surface area (Å²) in [4.78, 5) is 31.0. The summed E-state index contributed by atoms with van der Waals surface area (Å²) in [6.45, 7) is 19.6. The maximum atomic E-state index is 16.3. The smallest absolute Gasteiger partial charge is 0.351 e. The van der Waals surface area contributed by atoms with Gasteiger partial charge in [0.05, 0.1) is 17.8 Å². The summed E-state index contributed by atoms with van der Waals surface area (Å²) in [5, 5.41) is 46.1. The second-order valence-corrected chi connectivity index (χ2v) is 16.4. The molecule has 0 amide bonds. The number of alkyl halides is 1. The molecule has 0 aromatic rings. The molecule has 2 heterocycles. The summed E-state index contributed by atoms with van der Waals surface area (Å²) in [6.07, 6.45) is -5.30. The van der Waals surface area contributed by atoms with Crippen LogP contribution in [0.25, 0.3) is 0 Å². The first-order valence-electron chi connectivity index (χ1n) is 17.2. The van der Waals surface area contributed by atoms with Crippen LogP contribution in [0.5, 0.6) is 0 Å². The van der Waals surface area contributed by atoms with Crippen molar-refractivity contribution in [3.8, 4) is 0 Å². The molecule has 2 fully saturated rings. The Morgan fingerprint density at radius 1 is 1.09 bits per heavy atom. The quantitative estimate of drug-likeness (QED) is 0.243. The van der Waals surface area contributed by atoms with Gasteiger partial charge in [0.1, 0.15) is 23.9 Å². The SMILES string of the molecule is CC[C@H]1OC(=O)[C@@](C)(F)C(=O)[C@H](C)[C@@H](O[C@@H]2O[C@H](C)C[C@H](N(C)CCC(C)(C)C)[C@H]2O)[C@](C)(O)C[C@@H](C)CN(C)[C@H](C)[C@@H](O)[C@]1(C)O. The Kier molecular flexibility index (Phi) is 14.0. The molecule has 11 nitrogen and oxygen atoms in total. The number of aliphatic hydroxyl groups is 4. The molecule has 0 radical (unpaired) electrons. The second-order valence-electron chi connectivity index (χ2n) is 16.4. The van der Waals surface area contributed by atoms with Gasteiger partial charge in [-0.15, -0.1) is 0 Å². The number of likely N-dealkylation sites (N-methyl/N-ethyl adjacent to an activating group) is 2. The van der Waals surface area contributed by atoms with Gasteiger partial charge in [0.2, 0.25) is 0 Å². The van der Waals surface area contributed by atoms with Gasteiger partial charge in [0.25, 0.3) is 5.67 Å². The van der Waals surface area contributed by atoms with E-state index >= 15 is 4.39 Å². The number of hydrogen-bond donors (Lipinski definition) is 4. The summed E-state index contributed by atoms with van der Waals surface area (Å²) in [5.41, 5.74) is -6.83. The Hall–Kier alpha value is -1.25. The number of halogens is 1. The van der Waals surface area contributed by atoms with Crippen LogP contribution in [-0.4, -0.2) is 135 Å². The molecule has 2 rings (SSSR count). The van der Waals surface area contributed by atoms with Crippen molar-refractivity contribution in [1.29, 1.82) is 0 Å². The van der Waals surface area contributed by atoms with E-state index in [1.807, 2.05) is 25.8 Å². The fourth-order valence-corrected chi connectivity index (χ4v) is 7.19. The lowest BCUT2D eigenvalue weighted by Crippen LogP contribution is -2.60. The lowest BCUT2D eigenvalue weighted by molar-refractivity contribution is -0.294. The first-order valence-corrected chi connectivity index (χ1v) is 17.2. The van der Waals surface area contributed by atoms with E-state index in [-0.39, 0.29) is 36.3 Å². The lowest BCUT2D eigenvalue weighted by Gasteiger charge is -2.46. The van der Waals surface area contributed by atoms with E-state index < -0.39 is 71.3 Å². The first-order chi connectivity index (χ1) is 21.3. The van der Waals surface area contributed by atoms with Crippen molar-refractivity contribution in [1.82, 2.24) is 9.80 Å². The zero-order valence-electron chi connectivity index (χ0n) is 31.1. The Labute approximate surface area is 282 Å². The summed E-state index contributed by atoms with van der Waals surface area (Å²) in [7, 11) is 3.70. The van der Waals surface area contributed by atoms with E-state index in [1.54, 1.807) is 20.9 Å². The monoisotopic (exact) mass is 676 g/mol. The maximum Gasteiger partial charge on any atom is 0.351 e. The third-order valence-electron chi connectivity index (χ3n) is 10.4. The van der Waals surface area contributed by atoms with Crippen molar-refractivity contribution in [3.05, 3.63) is 0 Å². The van der Waals surface area contributed by atoms with Crippen molar-refractivity contribution in [2.24, 2.45) is 17.3 Å². The zero-order chi connectivity index (χ0) is 36.4. The molecule has 2 aliphatic heterocycles. The van der Waals surface area contributed by atoms with Crippen molar-refractivity contribution in [3.63, 3.8) is 0 Å². The van der Waals surface area contributed by atoms with Crippen LogP contribution < -0.4 is 0 Å². The third-order valence-corrected chi connectivity index (χ3v) is 10.4. The molecule has 0 spiro atoms. The van der Waals surface area contributed by atoms with E-state index in [4.69, 9.17) is 14.2 Å². The van der Waals surface area contributed by atoms with Gasteiger partial charge in [0.15, 0.2) is 12.1 Å². The summed E-state index contributed by atoms with van der Waals surface area (Å²) >= 11 is 0. The number of carbonyl (C=O) groups excluding carboxylic acids is 2. The summed E-state index contributed by atoms with van der Waals surface area (Å²) in [5.74, 6) is -4.33. The van der Waals surface area contributed by atoms with Crippen LogP contribution in [0.2, 0.25) is 0 Å². The van der Waals surface area contributed by atoms with Crippen LogP contribution in [0.3, 0.4) is 0 Å². The van der Waals surface area contributed by atoms with Crippen LogP contribution in [0.1, 0.15) is 102 Å². The Balaban J connectivity index is 2.55. The molecule has 12 heteroatoms. The number of hydrogen-bond acceptors (Lipinski definition) is 11. The van der Waals surface area contributed by atoms with Gasteiger partial charge < -0.3 is 44.4 Å². The minimum Gasteiger partial charge on any atom is -0.457 e. The highest BCUT2D eigenvalue weighted by molar-refractivity contribution is 6.07. The topological polar surface area (TPSA) is 149 Å². The average molecular weight is 677 g/mol. The molecule has 4 N–H and O–H groups in total. The van der Waals surface area contributed by atoms with Crippen molar-refractivity contribution in [2.45, 2.75) is 168 Å². The molecule has 0 aromatic carbocycles. The number of ether oxygens (including phenoxy) is 3. The van der Waals surface area contributed by atoms with Gasteiger partial charge in [-0.1, -0.05) is 41.5 Å². The fraction of sp³-hybridized carbons (Fsp3) is 0.943. The van der Waals surface area contributed by atoms with Crippen molar-refractivity contribution in [2.75, 3.05) is 27.2 Å². The normalized spacial score (nSPS) is 44.1. The number of carbonyl (C=O) groups is 2. The van der Waals surface area contributed by atoms with Crippen molar-refractivity contribution >= 4 is 11.8 Å². The van der Waals surface area contributed by atoms with Crippen LogP contribution in [0, 0.1) is 17.3 Å². The largest absolute Gasteiger partial charge is 0.457 e. The first kappa shape index (κ1) is 41.9. The predicted octanol–water partition coefficient (Wildman–Crippen LogP) is 3.08. The van der Waals surface area contributed by atoms with E-state index in [9.17, 15) is 30.0 Å². The van der Waals surface area contributed by atoms with Gasteiger partial charge in [-0.25, -0.2) is 9.18 Å². The van der Waals surface area contributed by atoms with Gasteiger partial charge in [-0.3, -0.25) is 4.79 Å². The fourth-order valence-electron chi connectivity index (χ4n) is 7.19. The highest BCUT2D eigenvalue weighted by Gasteiger charge is 2.54. The Morgan fingerprint density at radius 3 is 2.19 bits per heavy atom. The van der Waals surface area contributed by atoms with Crippen molar-refractivity contribution < 1.29 is 48.6 Å². The molecule has 47 heavy (non-hydrogen) atoms. The number of ketones is 1. The standard InChI is InChI=1S/C35H65FN2O9/c1-14-25-35(11,44)28(41)23(5)38(13)19-20(2)18-33(9,43)29(22(4)27(40)34(10,36)31(42)46-25)47-30-26(39)24(17-21(3)45-30)37(12)16-15-32(6,7)8/h20-26,28-30,39,41,43-44H,14-19H2,1-13H3/t20-,21-,22+,23-,24+,25-,26-,28-,29-,30+,33-,34+,35-/m1/s1. The molecule has 0 bridgehead atoms. The third kappa shape index (κ3) is 10.2. The molecule has 0 unspecified atom stereocenters. The van der Waals surface area contributed by atoms with Crippen LogP contribution >= 0.6 is 0 Å². The second kappa shape index (κ2) is 15.7. The van der Waals surface area contributed by atoms with E-state index in [0.29, 0.717) is 19.5 Å². The lowest BCUT2D eigenvalue weighted by atomic mass is 9.78. The minimum absolute atomic E-state index is 0.0450. The molecule has 0 saturated carbocycles. The highest BCUT2D eigenvalue weighted by Crippen LogP contribution is 2.37. The van der Waals surface area contributed by atoms with Gasteiger partial charge in [0, 0.05) is 24.5 Å². The molecule has 13 atom stereocenters. The summed E-state index contributed by atoms with van der Waals surface area (Å²) < 4.78 is 34.2. The molecule has 0 aromatic heterocycles. The number of Topliss-reactive ketones (excluding diaryl/α,β-unsaturated/α-hetero) is 1. The molecule has 2 saturated heterocycles. The van der Waals surface area contributed by atoms with Gasteiger partial charge in [-0.2, -0.15) is 0 Å². The molecule has 0 aliphatic carbocycles. The average Bonchev–Trinajstić information content (AvgIpc) is 2.95. The van der Waals surface area contributed by atoms with Gasteiger partial charge in [-0.05, 0) is 92.3 Å². The number of nitrogens with zero attached hydrogens (tertiary/aromatic N) is 2. The maximum absolute atomic E-state index is 16.3. The highest BCUT2D eigenvalue weighted by atomic mass is 19.1. The van der Waals surface area contributed by atoms with E-state index in [0.717, 1.165) is 13.3 Å². The Bertz CT molecular complexity index is 1050. The van der Waals surface area contributed by atoms with Crippen LogP contribution in [0.15, 0.2) is 0 Å². The number of aliphatic hydroxyl groups excluding tert-OH is 2. The zero-order valence-corrected chi connectivity index (χ0v) is 31.1. The molecule has 2 aliphatic rings. The van der Waals surface area contributed by atoms with Crippen LogP contribution in [0.4, 0.5) is 4.39 Å². The minimum atomic E-state index is -3.19. The van der Waals surface area contributed by atoms with Gasteiger partial charge >= 0.3 is 5.97 Å². The Morgan fingerprint density at radius 2 is 1.66 bits per heavy atom. The molecular formula is C35H65FN2O9. The number of esters is 1. The predicted molar refractivity (Wildman–Crippen MR) is 177 cm³/mol. The van der Waals surface area contributed by atoms with Crippen LogP contribution in [-0.2, 0) is 23.8 Å².